The summed E-state index contributed by atoms with van der Waals surface area (Å²) >= 11 is 0. The Morgan fingerprint density at radius 1 is 1.33 bits per heavy atom. The highest BCUT2D eigenvalue weighted by atomic mass is 19.4. The van der Waals surface area contributed by atoms with Crippen molar-refractivity contribution in [2.45, 2.75) is 51.4 Å². The first-order valence-electron chi connectivity index (χ1n) is 7.36. The van der Waals surface area contributed by atoms with Gasteiger partial charge >= 0.3 is 6.18 Å². The molecule has 2 nitrogen and oxygen atoms in total. The molecule has 2 N–H and O–H groups in total. The number of hydrogen-bond donors (Lipinski definition) is 1. The van der Waals surface area contributed by atoms with Gasteiger partial charge in [0.2, 0.25) is 0 Å². The predicted octanol–water partition coefficient (Wildman–Crippen LogP) is 4.22. The largest absolute Gasteiger partial charge is 0.416 e. The van der Waals surface area contributed by atoms with E-state index in [1.54, 1.807) is 6.92 Å². The van der Waals surface area contributed by atoms with Crippen molar-refractivity contribution in [1.82, 2.24) is 0 Å². The summed E-state index contributed by atoms with van der Waals surface area (Å²) in [5.41, 5.74) is 6.97. The number of nitrogens with two attached hydrogens (primary N) is 1. The zero-order chi connectivity index (χ0) is 15.6. The summed E-state index contributed by atoms with van der Waals surface area (Å²) < 4.78 is 43.4. The molecule has 118 valence electrons. The quantitative estimate of drug-likeness (QED) is 0.884. The third-order valence-electron chi connectivity index (χ3n) is 4.18. The number of benzene rings is 1. The zero-order valence-corrected chi connectivity index (χ0v) is 12.4. The average molecular weight is 301 g/mol. The molecule has 0 radical (unpaired) electrons. The van der Waals surface area contributed by atoms with E-state index >= 15 is 0 Å². The second-order valence-corrected chi connectivity index (χ2v) is 5.83. The fraction of sp³-hybridized carbons (Fsp3) is 0.625. The first-order chi connectivity index (χ1) is 9.81. The van der Waals surface area contributed by atoms with Crippen molar-refractivity contribution in [3.8, 4) is 0 Å². The molecule has 5 heteroatoms. The van der Waals surface area contributed by atoms with Gasteiger partial charge in [0.1, 0.15) is 0 Å². The molecule has 0 aliphatic heterocycles. The molecule has 1 saturated carbocycles. The zero-order valence-electron chi connectivity index (χ0n) is 12.4. The number of aryl methyl sites for hydroxylation is 1. The van der Waals surface area contributed by atoms with Crippen molar-refractivity contribution in [1.29, 1.82) is 0 Å². The van der Waals surface area contributed by atoms with Gasteiger partial charge in [0.15, 0.2) is 0 Å². The second kappa shape index (κ2) is 6.36. The molecule has 1 fully saturated rings. The average Bonchev–Trinajstić information content (AvgIpc) is 2.34. The molecule has 0 amide bonds. The highest BCUT2D eigenvalue weighted by Gasteiger charge is 2.33. The lowest BCUT2D eigenvalue weighted by Crippen LogP contribution is -2.33. The second-order valence-electron chi connectivity index (χ2n) is 5.83. The van der Waals surface area contributed by atoms with Crippen molar-refractivity contribution in [2.24, 2.45) is 11.7 Å². The van der Waals surface area contributed by atoms with Crippen LogP contribution in [0.25, 0.3) is 0 Å². The van der Waals surface area contributed by atoms with Gasteiger partial charge in [0.25, 0.3) is 0 Å². The van der Waals surface area contributed by atoms with Gasteiger partial charge in [-0.05, 0) is 62.3 Å². The summed E-state index contributed by atoms with van der Waals surface area (Å²) in [6.07, 6.45) is -1.16. The Balaban J connectivity index is 1.96. The Morgan fingerprint density at radius 3 is 2.52 bits per heavy atom. The topological polar surface area (TPSA) is 35.2 Å². The monoisotopic (exact) mass is 301 g/mol. The van der Waals surface area contributed by atoms with Gasteiger partial charge in [-0.25, -0.2) is 0 Å². The standard InChI is InChI=1S/C16H22F3NO/c1-3-21-13-7-11(8-13)9-15(20)14-5-4-12(6-10(14)2)16(17,18)19/h4-6,11,13,15H,3,7-9,20H2,1-2H3. The summed E-state index contributed by atoms with van der Waals surface area (Å²) in [7, 11) is 0. The van der Waals surface area contributed by atoms with Crippen molar-refractivity contribution in [3.63, 3.8) is 0 Å². The van der Waals surface area contributed by atoms with Crippen molar-refractivity contribution < 1.29 is 17.9 Å². The molecule has 1 aliphatic carbocycles. The molecule has 0 saturated heterocycles. The van der Waals surface area contributed by atoms with E-state index in [1.807, 2.05) is 6.92 Å². The number of halogens is 3. The van der Waals surface area contributed by atoms with E-state index in [9.17, 15) is 13.2 Å². The minimum absolute atomic E-state index is 0.208. The molecular formula is C16H22F3NO. The smallest absolute Gasteiger partial charge is 0.378 e. The van der Waals surface area contributed by atoms with Gasteiger partial charge < -0.3 is 10.5 Å². The summed E-state index contributed by atoms with van der Waals surface area (Å²) in [6, 6.07) is 3.60. The maximum Gasteiger partial charge on any atom is 0.416 e. The molecule has 1 aromatic rings. The van der Waals surface area contributed by atoms with E-state index < -0.39 is 11.7 Å². The Labute approximate surface area is 123 Å². The van der Waals surface area contributed by atoms with Crippen molar-refractivity contribution in [2.75, 3.05) is 6.61 Å². The van der Waals surface area contributed by atoms with Crippen LogP contribution in [-0.2, 0) is 10.9 Å². The Morgan fingerprint density at radius 2 is 2.00 bits per heavy atom. The van der Waals surface area contributed by atoms with E-state index in [0.29, 0.717) is 17.6 Å². The van der Waals surface area contributed by atoms with Crippen LogP contribution in [0.4, 0.5) is 13.2 Å². The first-order valence-corrected chi connectivity index (χ1v) is 7.36. The Hall–Kier alpha value is -1.07. The van der Waals surface area contributed by atoms with Crippen LogP contribution >= 0.6 is 0 Å². The van der Waals surface area contributed by atoms with Crippen LogP contribution in [0.3, 0.4) is 0 Å². The van der Waals surface area contributed by atoms with Crippen LogP contribution in [0.2, 0.25) is 0 Å². The van der Waals surface area contributed by atoms with Gasteiger partial charge in [0.05, 0.1) is 11.7 Å². The predicted molar refractivity (Wildman–Crippen MR) is 75.9 cm³/mol. The SMILES string of the molecule is CCOC1CC(CC(N)c2ccc(C(F)(F)F)cc2C)C1. The van der Waals surface area contributed by atoms with E-state index in [1.165, 1.54) is 12.1 Å². The van der Waals surface area contributed by atoms with Crippen LogP contribution in [0, 0.1) is 12.8 Å². The summed E-state index contributed by atoms with van der Waals surface area (Å²) in [6.45, 7) is 4.39. The van der Waals surface area contributed by atoms with Crippen LogP contribution in [0.5, 0.6) is 0 Å². The fourth-order valence-corrected chi connectivity index (χ4v) is 2.99. The normalized spacial score (nSPS) is 23.7. The molecule has 0 bridgehead atoms. The van der Waals surface area contributed by atoms with Crippen LogP contribution in [-0.4, -0.2) is 12.7 Å². The summed E-state index contributed by atoms with van der Waals surface area (Å²) in [4.78, 5) is 0. The molecular weight excluding hydrogens is 279 g/mol. The minimum atomic E-state index is -4.30. The lowest BCUT2D eigenvalue weighted by Gasteiger charge is -2.36. The van der Waals surface area contributed by atoms with E-state index in [4.69, 9.17) is 10.5 Å². The van der Waals surface area contributed by atoms with Crippen molar-refractivity contribution in [3.05, 3.63) is 34.9 Å². The van der Waals surface area contributed by atoms with E-state index in [0.717, 1.165) is 37.5 Å². The van der Waals surface area contributed by atoms with Gasteiger partial charge in [-0.15, -0.1) is 0 Å². The van der Waals surface area contributed by atoms with E-state index in [2.05, 4.69) is 0 Å². The highest BCUT2D eigenvalue weighted by Crippen LogP contribution is 2.37. The van der Waals surface area contributed by atoms with Gasteiger partial charge in [-0.2, -0.15) is 13.2 Å². The number of rotatable bonds is 5. The van der Waals surface area contributed by atoms with Crippen LogP contribution in [0.15, 0.2) is 18.2 Å². The van der Waals surface area contributed by atoms with Gasteiger partial charge in [-0.1, -0.05) is 6.07 Å². The maximum absolute atomic E-state index is 12.6. The number of hydrogen-bond acceptors (Lipinski definition) is 2. The maximum atomic E-state index is 12.6. The number of alkyl halides is 3. The molecule has 1 atom stereocenters. The molecule has 21 heavy (non-hydrogen) atoms. The number of ether oxygens (including phenoxy) is 1. The molecule has 0 aromatic heterocycles. The Kier molecular flexibility index (Phi) is 4.94. The molecule has 0 spiro atoms. The van der Waals surface area contributed by atoms with Gasteiger partial charge in [0, 0.05) is 12.6 Å². The molecule has 1 aliphatic rings. The van der Waals surface area contributed by atoms with E-state index in [-0.39, 0.29) is 6.04 Å². The summed E-state index contributed by atoms with van der Waals surface area (Å²) in [5, 5.41) is 0. The molecule has 2 rings (SSSR count). The molecule has 1 aromatic carbocycles. The highest BCUT2D eigenvalue weighted by molar-refractivity contribution is 5.34. The minimum Gasteiger partial charge on any atom is -0.378 e. The van der Waals surface area contributed by atoms with Crippen molar-refractivity contribution >= 4 is 0 Å². The Bertz CT molecular complexity index is 481. The molecule has 1 unspecified atom stereocenters. The third-order valence-corrected chi connectivity index (χ3v) is 4.18. The van der Waals surface area contributed by atoms with Crippen LogP contribution < -0.4 is 5.73 Å². The van der Waals surface area contributed by atoms with Gasteiger partial charge in [-0.3, -0.25) is 0 Å². The third kappa shape index (κ3) is 3.98. The van der Waals surface area contributed by atoms with Crippen LogP contribution in [0.1, 0.15) is 48.9 Å². The lowest BCUT2D eigenvalue weighted by molar-refractivity contribution is -0.137. The molecule has 0 heterocycles. The fourth-order valence-electron chi connectivity index (χ4n) is 2.99. The summed E-state index contributed by atoms with van der Waals surface area (Å²) in [5.74, 6) is 0.512. The lowest BCUT2D eigenvalue weighted by atomic mass is 9.77. The first kappa shape index (κ1) is 16.3.